The van der Waals surface area contributed by atoms with Crippen LogP contribution in [0.15, 0.2) is 11.0 Å². The van der Waals surface area contributed by atoms with Gasteiger partial charge in [0.25, 0.3) is 0 Å². The predicted molar refractivity (Wildman–Crippen MR) is 49.8 cm³/mol. The van der Waals surface area contributed by atoms with E-state index in [1.165, 1.54) is 10.8 Å². The summed E-state index contributed by atoms with van der Waals surface area (Å²) in [6.07, 6.45) is 1.54. The Balaban J connectivity index is 3.24. The second-order valence-corrected chi connectivity index (χ2v) is 2.44. The Morgan fingerprint density at radius 1 is 1.69 bits per heavy atom. The zero-order valence-corrected chi connectivity index (χ0v) is 7.24. The van der Waals surface area contributed by atoms with Crippen molar-refractivity contribution < 1.29 is 0 Å². The van der Waals surface area contributed by atoms with Crippen LogP contribution >= 0.6 is 0 Å². The third-order valence-corrected chi connectivity index (χ3v) is 1.44. The molecule has 13 heavy (non-hydrogen) atoms. The summed E-state index contributed by atoms with van der Waals surface area (Å²) in [7, 11) is 1.59. The van der Waals surface area contributed by atoms with Gasteiger partial charge < -0.3 is 16.0 Å². The molecule has 0 aliphatic rings. The Hall–Kier alpha value is -1.80. The van der Waals surface area contributed by atoms with Gasteiger partial charge in [-0.25, -0.2) is 4.79 Å². The SMILES string of the molecule is Cn1cc(C#CCN)c(N)nc1=O. The Labute approximate surface area is 75.4 Å². The normalized spacial score (nSPS) is 9.08. The van der Waals surface area contributed by atoms with Crippen LogP contribution in [-0.4, -0.2) is 16.1 Å². The molecule has 0 saturated carbocycles. The fourth-order valence-corrected chi connectivity index (χ4v) is 0.800. The second kappa shape index (κ2) is 3.74. The third-order valence-electron chi connectivity index (χ3n) is 1.44. The van der Waals surface area contributed by atoms with Gasteiger partial charge in [-0.05, 0) is 0 Å². The van der Waals surface area contributed by atoms with E-state index in [1.807, 2.05) is 0 Å². The van der Waals surface area contributed by atoms with E-state index >= 15 is 0 Å². The summed E-state index contributed by atoms with van der Waals surface area (Å²) < 4.78 is 1.32. The molecule has 0 aliphatic heterocycles. The summed E-state index contributed by atoms with van der Waals surface area (Å²) in [5, 5.41) is 0. The van der Waals surface area contributed by atoms with Gasteiger partial charge in [-0.1, -0.05) is 11.8 Å². The standard InChI is InChI=1S/C8H10N4O/c1-12-5-6(3-2-4-9)7(10)11-8(12)13/h5H,4,9H2,1H3,(H2,10,11,13). The number of anilines is 1. The number of aromatic nitrogens is 2. The van der Waals surface area contributed by atoms with Crippen LogP contribution in [0.1, 0.15) is 5.56 Å². The molecule has 0 bridgehead atoms. The average molecular weight is 178 g/mol. The first-order chi connectivity index (χ1) is 6.15. The molecule has 1 rings (SSSR count). The second-order valence-electron chi connectivity index (χ2n) is 2.44. The number of aryl methyl sites for hydroxylation is 1. The van der Waals surface area contributed by atoms with Crippen LogP contribution in [0.25, 0.3) is 0 Å². The minimum Gasteiger partial charge on any atom is -0.382 e. The monoisotopic (exact) mass is 178 g/mol. The summed E-state index contributed by atoms with van der Waals surface area (Å²) in [6.45, 7) is 0.252. The van der Waals surface area contributed by atoms with E-state index < -0.39 is 5.69 Å². The fourth-order valence-electron chi connectivity index (χ4n) is 0.800. The van der Waals surface area contributed by atoms with Crippen molar-refractivity contribution in [2.75, 3.05) is 12.3 Å². The molecule has 5 heteroatoms. The van der Waals surface area contributed by atoms with Crippen LogP contribution < -0.4 is 17.2 Å². The van der Waals surface area contributed by atoms with Gasteiger partial charge in [-0.3, -0.25) is 0 Å². The zero-order chi connectivity index (χ0) is 9.84. The summed E-state index contributed by atoms with van der Waals surface area (Å²) in [6, 6.07) is 0. The summed E-state index contributed by atoms with van der Waals surface area (Å²) in [5.41, 5.74) is 10.8. The minimum atomic E-state index is -0.393. The van der Waals surface area contributed by atoms with Crippen molar-refractivity contribution in [3.8, 4) is 11.8 Å². The lowest BCUT2D eigenvalue weighted by Gasteiger charge is -1.99. The van der Waals surface area contributed by atoms with Gasteiger partial charge in [0.1, 0.15) is 5.82 Å². The Morgan fingerprint density at radius 3 is 3.00 bits per heavy atom. The molecule has 0 aliphatic carbocycles. The molecule has 1 heterocycles. The van der Waals surface area contributed by atoms with E-state index in [0.717, 1.165) is 0 Å². The number of hydrogen-bond donors (Lipinski definition) is 2. The zero-order valence-electron chi connectivity index (χ0n) is 7.24. The number of nitrogen functional groups attached to an aromatic ring is 1. The van der Waals surface area contributed by atoms with E-state index in [1.54, 1.807) is 7.05 Å². The van der Waals surface area contributed by atoms with Crippen LogP contribution in [0.2, 0.25) is 0 Å². The number of hydrogen-bond acceptors (Lipinski definition) is 4. The lowest BCUT2D eigenvalue weighted by Crippen LogP contribution is -2.21. The molecule has 1 aromatic rings. The van der Waals surface area contributed by atoms with Crippen molar-refractivity contribution in [1.82, 2.24) is 9.55 Å². The highest BCUT2D eigenvalue weighted by atomic mass is 16.1. The van der Waals surface area contributed by atoms with E-state index in [-0.39, 0.29) is 12.4 Å². The van der Waals surface area contributed by atoms with Crippen molar-refractivity contribution in [3.63, 3.8) is 0 Å². The maximum absolute atomic E-state index is 11.0. The highest BCUT2D eigenvalue weighted by Gasteiger charge is 1.99. The molecule has 68 valence electrons. The van der Waals surface area contributed by atoms with Crippen molar-refractivity contribution in [2.45, 2.75) is 0 Å². The van der Waals surface area contributed by atoms with Crippen molar-refractivity contribution >= 4 is 5.82 Å². The van der Waals surface area contributed by atoms with E-state index in [4.69, 9.17) is 11.5 Å². The largest absolute Gasteiger partial charge is 0.382 e. The number of nitrogens with zero attached hydrogens (tertiary/aromatic N) is 2. The smallest absolute Gasteiger partial charge is 0.349 e. The molecule has 5 nitrogen and oxygen atoms in total. The highest BCUT2D eigenvalue weighted by Crippen LogP contribution is 2.00. The molecule has 0 amide bonds. The lowest BCUT2D eigenvalue weighted by atomic mass is 10.3. The van der Waals surface area contributed by atoms with Crippen molar-refractivity contribution in [1.29, 1.82) is 0 Å². The molecule has 0 radical (unpaired) electrons. The average Bonchev–Trinajstić information content (AvgIpc) is 2.09. The fraction of sp³-hybridized carbons (Fsp3) is 0.250. The first-order valence-corrected chi connectivity index (χ1v) is 3.67. The third kappa shape index (κ3) is 2.07. The highest BCUT2D eigenvalue weighted by molar-refractivity contribution is 5.48. The first kappa shape index (κ1) is 9.29. The Morgan fingerprint density at radius 2 is 2.38 bits per heavy atom. The van der Waals surface area contributed by atoms with Gasteiger partial charge in [0.2, 0.25) is 0 Å². The molecule has 0 fully saturated rings. The molecule has 0 aromatic carbocycles. The molecule has 0 saturated heterocycles. The molecule has 0 atom stereocenters. The summed E-state index contributed by atoms with van der Waals surface area (Å²) in [5.74, 6) is 5.50. The maximum atomic E-state index is 11.0. The molecular weight excluding hydrogens is 168 g/mol. The lowest BCUT2D eigenvalue weighted by molar-refractivity contribution is 0.811. The van der Waals surface area contributed by atoms with Gasteiger partial charge in [-0.15, -0.1) is 0 Å². The van der Waals surface area contributed by atoms with Crippen LogP contribution in [0.5, 0.6) is 0 Å². The van der Waals surface area contributed by atoms with E-state index in [0.29, 0.717) is 5.56 Å². The summed E-state index contributed by atoms with van der Waals surface area (Å²) >= 11 is 0. The van der Waals surface area contributed by atoms with Gasteiger partial charge >= 0.3 is 5.69 Å². The van der Waals surface area contributed by atoms with Crippen molar-refractivity contribution in [3.05, 3.63) is 22.2 Å². The Kier molecular flexibility index (Phi) is 2.67. The quantitative estimate of drug-likeness (QED) is 0.482. The maximum Gasteiger partial charge on any atom is 0.349 e. The van der Waals surface area contributed by atoms with Gasteiger partial charge in [0.15, 0.2) is 0 Å². The van der Waals surface area contributed by atoms with Crippen LogP contribution in [0.3, 0.4) is 0 Å². The van der Waals surface area contributed by atoms with Crippen LogP contribution in [-0.2, 0) is 7.05 Å². The van der Waals surface area contributed by atoms with Gasteiger partial charge in [-0.2, -0.15) is 4.98 Å². The van der Waals surface area contributed by atoms with Crippen LogP contribution in [0, 0.1) is 11.8 Å². The molecule has 0 spiro atoms. The van der Waals surface area contributed by atoms with E-state index in [9.17, 15) is 4.79 Å². The summed E-state index contributed by atoms with van der Waals surface area (Å²) in [4.78, 5) is 14.5. The number of rotatable bonds is 0. The first-order valence-electron chi connectivity index (χ1n) is 3.67. The molecule has 0 unspecified atom stereocenters. The van der Waals surface area contributed by atoms with Crippen molar-refractivity contribution in [2.24, 2.45) is 12.8 Å². The number of nitrogens with two attached hydrogens (primary N) is 2. The topological polar surface area (TPSA) is 86.9 Å². The predicted octanol–water partition coefficient (Wildman–Crippen LogP) is -1.33. The van der Waals surface area contributed by atoms with Crippen LogP contribution in [0.4, 0.5) is 5.82 Å². The van der Waals surface area contributed by atoms with Gasteiger partial charge in [0, 0.05) is 13.2 Å². The van der Waals surface area contributed by atoms with Gasteiger partial charge in [0.05, 0.1) is 12.1 Å². The van der Waals surface area contributed by atoms with E-state index in [2.05, 4.69) is 16.8 Å². The Bertz CT molecular complexity index is 424. The molecular formula is C8H10N4O. The molecule has 1 aromatic heterocycles. The molecule has 4 N–H and O–H groups in total. The minimum absolute atomic E-state index is 0.143.